The highest BCUT2D eigenvalue weighted by Gasteiger charge is 2.36. The summed E-state index contributed by atoms with van der Waals surface area (Å²) in [4.78, 5) is 8.29. The lowest BCUT2D eigenvalue weighted by Gasteiger charge is -2.33. The van der Waals surface area contributed by atoms with Crippen LogP contribution in [0.4, 0.5) is 13.2 Å². The Bertz CT molecular complexity index is 1090. The minimum absolute atomic E-state index is 0.148. The summed E-state index contributed by atoms with van der Waals surface area (Å²) in [6.45, 7) is 2.66. The Kier molecular flexibility index (Phi) is 4.66. The molecule has 0 fully saturated rings. The van der Waals surface area contributed by atoms with Gasteiger partial charge in [0.1, 0.15) is 18.2 Å². The smallest absolute Gasteiger partial charge is 0.449 e. The van der Waals surface area contributed by atoms with Crippen molar-refractivity contribution in [1.82, 2.24) is 14.9 Å². The molecule has 0 radical (unpaired) electrons. The SMILES string of the molecule is FC(F)(F)c1nc2c3c(ccc2[nH]1)OCC(CN1CC=C(c2ccccc2)CC1)O3. The topological polar surface area (TPSA) is 50.4 Å². The zero-order valence-corrected chi connectivity index (χ0v) is 16.1. The molecule has 30 heavy (non-hydrogen) atoms. The fourth-order valence-corrected chi connectivity index (χ4v) is 3.95. The van der Waals surface area contributed by atoms with Crippen LogP contribution in [0.5, 0.6) is 11.5 Å². The largest absolute Gasteiger partial charge is 0.486 e. The van der Waals surface area contributed by atoms with Crippen LogP contribution >= 0.6 is 0 Å². The minimum atomic E-state index is -4.54. The van der Waals surface area contributed by atoms with Gasteiger partial charge in [0.05, 0.1) is 5.52 Å². The molecular weight excluding hydrogens is 395 g/mol. The van der Waals surface area contributed by atoms with Crippen molar-refractivity contribution in [3.05, 3.63) is 59.9 Å². The number of aromatic nitrogens is 2. The Morgan fingerprint density at radius 1 is 1.13 bits per heavy atom. The fourth-order valence-electron chi connectivity index (χ4n) is 3.95. The molecule has 3 aromatic rings. The predicted octanol–water partition coefficient (Wildman–Crippen LogP) is 4.51. The molecule has 1 atom stereocenters. The molecule has 2 aliphatic rings. The average molecular weight is 415 g/mol. The second-order valence-electron chi connectivity index (χ2n) is 7.53. The van der Waals surface area contributed by atoms with Gasteiger partial charge in [-0.05, 0) is 29.7 Å². The first kappa shape index (κ1) is 19.0. The molecule has 1 unspecified atom stereocenters. The predicted molar refractivity (Wildman–Crippen MR) is 106 cm³/mol. The second kappa shape index (κ2) is 7.36. The summed E-state index contributed by atoms with van der Waals surface area (Å²) < 4.78 is 50.9. The van der Waals surface area contributed by atoms with E-state index in [1.807, 2.05) is 18.2 Å². The maximum atomic E-state index is 13.0. The van der Waals surface area contributed by atoms with Crippen molar-refractivity contribution in [2.75, 3.05) is 26.2 Å². The molecule has 0 aliphatic carbocycles. The quantitative estimate of drug-likeness (QED) is 0.684. The van der Waals surface area contributed by atoms with E-state index in [-0.39, 0.29) is 22.9 Å². The van der Waals surface area contributed by atoms with Gasteiger partial charge in [0.25, 0.3) is 0 Å². The van der Waals surface area contributed by atoms with Gasteiger partial charge in [-0.3, -0.25) is 4.90 Å². The van der Waals surface area contributed by atoms with Crippen molar-refractivity contribution >= 4 is 16.6 Å². The normalized spacial score (nSPS) is 19.7. The van der Waals surface area contributed by atoms with Crippen LogP contribution in [0.2, 0.25) is 0 Å². The van der Waals surface area contributed by atoms with Gasteiger partial charge in [0.15, 0.2) is 11.5 Å². The van der Waals surface area contributed by atoms with Gasteiger partial charge in [-0.25, -0.2) is 4.98 Å². The van der Waals surface area contributed by atoms with Crippen LogP contribution in [0.15, 0.2) is 48.5 Å². The van der Waals surface area contributed by atoms with Gasteiger partial charge in [0.2, 0.25) is 5.82 Å². The number of imidazole rings is 1. The third-order valence-corrected chi connectivity index (χ3v) is 5.45. The van der Waals surface area contributed by atoms with Crippen molar-refractivity contribution in [3.8, 4) is 11.5 Å². The van der Waals surface area contributed by atoms with Crippen LogP contribution in [0.3, 0.4) is 0 Å². The number of halogens is 3. The molecule has 0 amide bonds. The highest BCUT2D eigenvalue weighted by Crippen LogP contribution is 2.40. The summed E-state index contributed by atoms with van der Waals surface area (Å²) >= 11 is 0. The van der Waals surface area contributed by atoms with Crippen molar-refractivity contribution in [2.24, 2.45) is 0 Å². The van der Waals surface area contributed by atoms with Crippen LogP contribution in [0.25, 0.3) is 16.6 Å². The molecule has 2 aliphatic heterocycles. The Hall–Kier alpha value is -3.00. The number of benzene rings is 2. The number of hydrogen-bond donors (Lipinski definition) is 1. The van der Waals surface area contributed by atoms with Crippen LogP contribution in [-0.4, -0.2) is 47.2 Å². The summed E-state index contributed by atoms with van der Waals surface area (Å²) in [6, 6.07) is 13.4. The van der Waals surface area contributed by atoms with E-state index in [0.717, 1.165) is 19.5 Å². The highest BCUT2D eigenvalue weighted by atomic mass is 19.4. The molecular formula is C22H20F3N3O2. The first-order valence-corrected chi connectivity index (χ1v) is 9.83. The number of H-pyrrole nitrogens is 1. The van der Waals surface area contributed by atoms with Gasteiger partial charge in [0, 0.05) is 19.6 Å². The average Bonchev–Trinajstić information content (AvgIpc) is 3.21. The van der Waals surface area contributed by atoms with E-state index in [0.29, 0.717) is 18.9 Å². The zero-order valence-electron chi connectivity index (χ0n) is 16.1. The number of fused-ring (bicyclic) bond motifs is 3. The van der Waals surface area contributed by atoms with E-state index >= 15 is 0 Å². The van der Waals surface area contributed by atoms with Crippen molar-refractivity contribution in [3.63, 3.8) is 0 Å². The molecule has 0 spiro atoms. The van der Waals surface area contributed by atoms with Gasteiger partial charge >= 0.3 is 6.18 Å². The summed E-state index contributed by atoms with van der Waals surface area (Å²) in [7, 11) is 0. The summed E-state index contributed by atoms with van der Waals surface area (Å²) in [5.74, 6) is -0.344. The van der Waals surface area contributed by atoms with Gasteiger partial charge in [-0.15, -0.1) is 0 Å². The van der Waals surface area contributed by atoms with Crippen molar-refractivity contribution in [1.29, 1.82) is 0 Å². The fraction of sp³-hybridized carbons (Fsp3) is 0.318. The molecule has 0 saturated heterocycles. The molecule has 1 N–H and O–H groups in total. The maximum absolute atomic E-state index is 13.0. The molecule has 5 nitrogen and oxygen atoms in total. The number of ether oxygens (including phenoxy) is 2. The molecule has 5 rings (SSSR count). The summed E-state index contributed by atoms with van der Waals surface area (Å²) in [5, 5.41) is 0. The number of alkyl halides is 3. The molecule has 156 valence electrons. The summed E-state index contributed by atoms with van der Waals surface area (Å²) in [6.07, 6.45) is -1.66. The second-order valence-corrected chi connectivity index (χ2v) is 7.53. The number of nitrogens with one attached hydrogen (secondary N) is 1. The van der Waals surface area contributed by atoms with Crippen LogP contribution in [-0.2, 0) is 6.18 Å². The third kappa shape index (κ3) is 3.63. The van der Waals surface area contributed by atoms with Gasteiger partial charge in [-0.1, -0.05) is 36.4 Å². The molecule has 3 heterocycles. The van der Waals surface area contributed by atoms with Crippen molar-refractivity contribution in [2.45, 2.75) is 18.7 Å². The Labute approximate surface area is 171 Å². The Balaban J connectivity index is 1.30. The Morgan fingerprint density at radius 2 is 1.97 bits per heavy atom. The van der Waals surface area contributed by atoms with Crippen LogP contribution in [0, 0.1) is 0 Å². The summed E-state index contributed by atoms with van der Waals surface area (Å²) in [5.41, 5.74) is 2.99. The zero-order chi connectivity index (χ0) is 20.7. The van der Waals surface area contributed by atoms with E-state index in [1.54, 1.807) is 6.07 Å². The number of rotatable bonds is 3. The molecule has 0 bridgehead atoms. The minimum Gasteiger partial charge on any atom is -0.486 e. The van der Waals surface area contributed by atoms with Gasteiger partial charge in [-0.2, -0.15) is 13.2 Å². The Morgan fingerprint density at radius 3 is 2.70 bits per heavy atom. The van der Waals surface area contributed by atoms with E-state index < -0.39 is 12.0 Å². The first-order valence-electron chi connectivity index (χ1n) is 9.83. The van der Waals surface area contributed by atoms with Crippen molar-refractivity contribution < 1.29 is 22.6 Å². The van der Waals surface area contributed by atoms with Gasteiger partial charge < -0.3 is 14.5 Å². The van der Waals surface area contributed by atoms with E-state index in [4.69, 9.17) is 9.47 Å². The third-order valence-electron chi connectivity index (χ3n) is 5.45. The number of aromatic amines is 1. The highest BCUT2D eigenvalue weighted by molar-refractivity contribution is 5.85. The molecule has 8 heteroatoms. The first-order chi connectivity index (χ1) is 14.5. The standard InChI is InChI=1S/C22H20F3N3O2/c23-22(24,25)21-26-17-6-7-18-20(19(17)27-21)30-16(13-29-18)12-28-10-8-15(9-11-28)14-4-2-1-3-5-14/h1-8,16H,9-13H2,(H,26,27). The lowest BCUT2D eigenvalue weighted by atomic mass is 9.99. The van der Waals surface area contributed by atoms with E-state index in [9.17, 15) is 13.2 Å². The maximum Gasteiger partial charge on any atom is 0.449 e. The number of nitrogens with zero attached hydrogens (tertiary/aromatic N) is 2. The van der Waals surface area contributed by atoms with Crippen LogP contribution in [0.1, 0.15) is 17.8 Å². The molecule has 1 aromatic heterocycles. The molecule has 2 aromatic carbocycles. The monoisotopic (exact) mass is 415 g/mol. The van der Waals surface area contributed by atoms with E-state index in [1.165, 1.54) is 17.2 Å². The lowest BCUT2D eigenvalue weighted by molar-refractivity contribution is -0.144. The van der Waals surface area contributed by atoms with Crippen LogP contribution < -0.4 is 9.47 Å². The molecule has 0 saturated carbocycles. The number of hydrogen-bond acceptors (Lipinski definition) is 4. The van der Waals surface area contributed by atoms with E-state index in [2.05, 4.69) is 33.1 Å². The lowest BCUT2D eigenvalue weighted by Crippen LogP contribution is -2.42.